The van der Waals surface area contributed by atoms with Crippen LogP contribution in [0.4, 0.5) is 0 Å². The molecule has 0 saturated carbocycles. The minimum Gasteiger partial charge on any atom is -0.337 e. The van der Waals surface area contributed by atoms with E-state index in [1.807, 2.05) is 65.6 Å². The molecule has 4 nitrogen and oxygen atoms in total. The number of rotatable bonds is 3. The number of para-hydroxylation sites is 1. The molecule has 1 aliphatic rings. The third-order valence-electron chi connectivity index (χ3n) is 4.72. The van der Waals surface area contributed by atoms with Gasteiger partial charge in [-0.25, -0.2) is 4.68 Å². The van der Waals surface area contributed by atoms with Gasteiger partial charge in [-0.1, -0.05) is 54.1 Å². The van der Waals surface area contributed by atoms with Crippen LogP contribution >= 0.6 is 11.6 Å². The molecule has 2 aromatic carbocycles. The van der Waals surface area contributed by atoms with Crippen LogP contribution in [-0.4, -0.2) is 33.7 Å². The molecule has 0 unspecified atom stereocenters. The zero-order valence-corrected chi connectivity index (χ0v) is 15.2. The first-order valence-electron chi connectivity index (χ1n) is 8.94. The molecule has 0 spiro atoms. The molecule has 4 rings (SSSR count). The summed E-state index contributed by atoms with van der Waals surface area (Å²) in [5.41, 5.74) is 3.02. The second kappa shape index (κ2) is 7.34. The van der Waals surface area contributed by atoms with Crippen molar-refractivity contribution in [3.63, 3.8) is 0 Å². The number of benzene rings is 2. The number of hydrogen-bond donors (Lipinski definition) is 0. The highest BCUT2D eigenvalue weighted by Gasteiger charge is 2.24. The summed E-state index contributed by atoms with van der Waals surface area (Å²) in [7, 11) is 0. The molecule has 5 heteroatoms. The second-order valence-electron chi connectivity index (χ2n) is 6.50. The molecule has 2 heterocycles. The number of nitrogens with zero attached hydrogens (tertiary/aromatic N) is 3. The van der Waals surface area contributed by atoms with Crippen molar-refractivity contribution in [3.05, 3.63) is 71.4 Å². The van der Waals surface area contributed by atoms with Gasteiger partial charge in [0, 0.05) is 18.7 Å². The van der Waals surface area contributed by atoms with Crippen LogP contribution in [0.5, 0.6) is 0 Å². The Labute approximate surface area is 158 Å². The average Bonchev–Trinajstić information content (AvgIpc) is 3.14. The molecular formula is C21H20ClN3O. The number of carbonyl (C=O) groups is 1. The summed E-state index contributed by atoms with van der Waals surface area (Å²) in [6.45, 7) is 1.60. The van der Waals surface area contributed by atoms with Crippen molar-refractivity contribution in [2.24, 2.45) is 0 Å². The molecule has 132 valence electrons. The van der Waals surface area contributed by atoms with E-state index < -0.39 is 0 Å². The van der Waals surface area contributed by atoms with Gasteiger partial charge in [0.25, 0.3) is 5.91 Å². The Balaban J connectivity index is 1.81. The van der Waals surface area contributed by atoms with E-state index in [1.165, 1.54) is 6.42 Å². The normalized spacial score (nSPS) is 14.4. The fraction of sp³-hybridized carbons (Fsp3) is 0.238. The third kappa shape index (κ3) is 3.25. The predicted molar refractivity (Wildman–Crippen MR) is 104 cm³/mol. The monoisotopic (exact) mass is 365 g/mol. The lowest BCUT2D eigenvalue weighted by molar-refractivity contribution is 0.0715. The first kappa shape index (κ1) is 16.9. The van der Waals surface area contributed by atoms with E-state index in [1.54, 1.807) is 4.68 Å². The fourth-order valence-corrected chi connectivity index (χ4v) is 3.57. The van der Waals surface area contributed by atoms with Gasteiger partial charge in [0.2, 0.25) is 0 Å². The molecule has 1 aliphatic heterocycles. The summed E-state index contributed by atoms with van der Waals surface area (Å²) < 4.78 is 1.68. The van der Waals surface area contributed by atoms with Crippen LogP contribution in [-0.2, 0) is 0 Å². The van der Waals surface area contributed by atoms with Crippen molar-refractivity contribution in [2.45, 2.75) is 19.3 Å². The zero-order chi connectivity index (χ0) is 17.9. The fourth-order valence-electron chi connectivity index (χ4n) is 3.35. The van der Waals surface area contributed by atoms with Gasteiger partial charge in [0.15, 0.2) is 0 Å². The van der Waals surface area contributed by atoms with Crippen LogP contribution in [0, 0.1) is 0 Å². The molecule has 26 heavy (non-hydrogen) atoms. The Morgan fingerprint density at radius 2 is 1.62 bits per heavy atom. The van der Waals surface area contributed by atoms with Gasteiger partial charge in [-0.15, -0.1) is 0 Å². The molecule has 1 fully saturated rings. The molecule has 0 aliphatic carbocycles. The Morgan fingerprint density at radius 1 is 0.923 bits per heavy atom. The van der Waals surface area contributed by atoms with Crippen molar-refractivity contribution >= 4 is 17.5 Å². The Bertz CT molecular complexity index is 914. The average molecular weight is 366 g/mol. The second-order valence-corrected chi connectivity index (χ2v) is 6.90. The Morgan fingerprint density at radius 3 is 2.35 bits per heavy atom. The highest BCUT2D eigenvalue weighted by molar-refractivity contribution is 6.32. The summed E-state index contributed by atoms with van der Waals surface area (Å²) in [6.07, 6.45) is 3.29. The maximum atomic E-state index is 13.2. The van der Waals surface area contributed by atoms with E-state index >= 15 is 0 Å². The highest BCUT2D eigenvalue weighted by atomic mass is 35.5. The molecule has 1 saturated heterocycles. The number of piperidine rings is 1. The number of aromatic nitrogens is 2. The highest BCUT2D eigenvalue weighted by Crippen LogP contribution is 2.27. The standard InChI is InChI=1S/C21H20ClN3O/c22-17-11-5-6-12-19(17)25-20(21(26)24-13-7-2-8-14-24)15-18(23-25)16-9-3-1-4-10-16/h1,3-6,9-12,15H,2,7-8,13-14H2. The van der Waals surface area contributed by atoms with Crippen molar-refractivity contribution in [2.75, 3.05) is 13.1 Å². The van der Waals surface area contributed by atoms with Crippen molar-refractivity contribution in [1.82, 2.24) is 14.7 Å². The molecule has 1 amide bonds. The number of halogens is 1. The molecule has 0 atom stereocenters. The summed E-state index contributed by atoms with van der Waals surface area (Å²) >= 11 is 6.39. The van der Waals surface area contributed by atoms with Gasteiger partial charge in [0.05, 0.1) is 16.4 Å². The van der Waals surface area contributed by atoms with Crippen LogP contribution in [0.25, 0.3) is 16.9 Å². The van der Waals surface area contributed by atoms with E-state index in [9.17, 15) is 4.79 Å². The lowest BCUT2D eigenvalue weighted by Gasteiger charge is -2.26. The van der Waals surface area contributed by atoms with E-state index in [4.69, 9.17) is 16.7 Å². The molecule has 0 radical (unpaired) electrons. The molecule has 3 aromatic rings. The number of hydrogen-bond acceptors (Lipinski definition) is 2. The first-order valence-corrected chi connectivity index (χ1v) is 9.31. The van der Waals surface area contributed by atoms with Gasteiger partial charge in [-0.2, -0.15) is 5.10 Å². The van der Waals surface area contributed by atoms with Crippen molar-refractivity contribution < 1.29 is 4.79 Å². The van der Waals surface area contributed by atoms with E-state index in [2.05, 4.69) is 0 Å². The van der Waals surface area contributed by atoms with Gasteiger partial charge >= 0.3 is 0 Å². The Hall–Kier alpha value is -2.59. The topological polar surface area (TPSA) is 38.1 Å². The molecule has 1 aromatic heterocycles. The third-order valence-corrected chi connectivity index (χ3v) is 5.04. The number of amides is 1. The van der Waals surface area contributed by atoms with E-state index in [-0.39, 0.29) is 5.91 Å². The van der Waals surface area contributed by atoms with Crippen LogP contribution in [0.3, 0.4) is 0 Å². The van der Waals surface area contributed by atoms with Crippen molar-refractivity contribution in [3.8, 4) is 16.9 Å². The van der Waals surface area contributed by atoms with Gasteiger partial charge in [-0.05, 0) is 37.5 Å². The summed E-state index contributed by atoms with van der Waals surface area (Å²) in [5, 5.41) is 5.28. The molecule has 0 bridgehead atoms. The summed E-state index contributed by atoms with van der Waals surface area (Å²) in [4.78, 5) is 15.1. The predicted octanol–water partition coefficient (Wildman–Crippen LogP) is 4.82. The lowest BCUT2D eigenvalue weighted by Crippen LogP contribution is -2.36. The molecular weight excluding hydrogens is 346 g/mol. The van der Waals surface area contributed by atoms with Crippen LogP contribution in [0.1, 0.15) is 29.8 Å². The van der Waals surface area contributed by atoms with E-state index in [0.29, 0.717) is 10.7 Å². The van der Waals surface area contributed by atoms with Crippen LogP contribution in [0.15, 0.2) is 60.7 Å². The quantitative estimate of drug-likeness (QED) is 0.667. The zero-order valence-electron chi connectivity index (χ0n) is 14.4. The van der Waals surface area contributed by atoms with Crippen LogP contribution in [0.2, 0.25) is 5.02 Å². The van der Waals surface area contributed by atoms with E-state index in [0.717, 1.165) is 42.9 Å². The lowest BCUT2D eigenvalue weighted by atomic mass is 10.1. The largest absolute Gasteiger partial charge is 0.337 e. The van der Waals surface area contributed by atoms with Gasteiger partial charge < -0.3 is 4.90 Å². The maximum absolute atomic E-state index is 13.2. The maximum Gasteiger partial charge on any atom is 0.272 e. The summed E-state index contributed by atoms with van der Waals surface area (Å²) in [5.74, 6) is 0.0132. The smallest absolute Gasteiger partial charge is 0.272 e. The minimum atomic E-state index is 0.0132. The Kier molecular flexibility index (Phi) is 4.76. The first-order chi connectivity index (χ1) is 12.7. The summed E-state index contributed by atoms with van der Waals surface area (Å²) in [6, 6.07) is 19.2. The van der Waals surface area contributed by atoms with Crippen molar-refractivity contribution in [1.29, 1.82) is 0 Å². The SMILES string of the molecule is O=C(c1cc(-c2ccccc2)nn1-c1ccccc1Cl)N1CCCCC1. The minimum absolute atomic E-state index is 0.0132. The molecule has 0 N–H and O–H groups in total. The van der Waals surface area contributed by atoms with Gasteiger partial charge in [-0.3, -0.25) is 4.79 Å². The van der Waals surface area contributed by atoms with Crippen LogP contribution < -0.4 is 0 Å². The van der Waals surface area contributed by atoms with Gasteiger partial charge in [0.1, 0.15) is 5.69 Å². The number of likely N-dealkylation sites (tertiary alicyclic amines) is 1. The number of carbonyl (C=O) groups excluding carboxylic acids is 1.